The van der Waals surface area contributed by atoms with E-state index in [4.69, 9.17) is 19.9 Å². The van der Waals surface area contributed by atoms with Crippen molar-refractivity contribution in [2.24, 2.45) is 5.92 Å². The Labute approximate surface area is 168 Å². The van der Waals surface area contributed by atoms with E-state index in [-0.39, 0.29) is 24.5 Å². The fraction of sp³-hybridized carbons (Fsp3) is 0.737. The molecule has 10 heteroatoms. The SMILES string of the molecule is Nc1nc(OC2CCCC2)nc2c1ncn2[C@@H]1O[C@H](COCC2CC2)[C@@H](O)[C@H]1O. The van der Waals surface area contributed by atoms with Gasteiger partial charge in [0.1, 0.15) is 24.4 Å². The highest BCUT2D eigenvalue weighted by molar-refractivity contribution is 5.82. The van der Waals surface area contributed by atoms with E-state index in [0.29, 0.717) is 23.7 Å². The first kappa shape index (κ1) is 19.0. The zero-order valence-corrected chi connectivity index (χ0v) is 16.2. The van der Waals surface area contributed by atoms with Gasteiger partial charge < -0.3 is 30.2 Å². The van der Waals surface area contributed by atoms with Gasteiger partial charge in [-0.2, -0.15) is 9.97 Å². The summed E-state index contributed by atoms with van der Waals surface area (Å²) in [6.45, 7) is 0.887. The van der Waals surface area contributed by atoms with Crippen molar-refractivity contribution in [3.63, 3.8) is 0 Å². The lowest BCUT2D eigenvalue weighted by Gasteiger charge is -2.17. The number of aliphatic hydroxyl groups excluding tert-OH is 2. The number of rotatable bonds is 7. The molecule has 2 aromatic heterocycles. The monoisotopic (exact) mass is 405 g/mol. The number of fused-ring (bicyclic) bond motifs is 1. The summed E-state index contributed by atoms with van der Waals surface area (Å²) in [5.41, 5.74) is 6.86. The van der Waals surface area contributed by atoms with Crippen LogP contribution in [0.15, 0.2) is 6.33 Å². The third-order valence-electron chi connectivity index (χ3n) is 5.95. The van der Waals surface area contributed by atoms with E-state index < -0.39 is 24.5 Å². The highest BCUT2D eigenvalue weighted by atomic mass is 16.6. The highest BCUT2D eigenvalue weighted by Crippen LogP contribution is 2.34. The van der Waals surface area contributed by atoms with Gasteiger partial charge in [0.05, 0.1) is 12.9 Å². The number of aliphatic hydroxyl groups is 2. The Kier molecular flexibility index (Phi) is 5.02. The van der Waals surface area contributed by atoms with Crippen molar-refractivity contribution in [2.75, 3.05) is 18.9 Å². The van der Waals surface area contributed by atoms with Gasteiger partial charge in [0.2, 0.25) is 0 Å². The molecule has 3 aliphatic rings. The topological polar surface area (TPSA) is 138 Å². The molecule has 4 atom stereocenters. The van der Waals surface area contributed by atoms with Crippen LogP contribution in [-0.4, -0.2) is 67.4 Å². The first-order valence-corrected chi connectivity index (χ1v) is 10.4. The fourth-order valence-corrected chi connectivity index (χ4v) is 4.04. The predicted octanol–water partition coefficient (Wildman–Crippen LogP) is 0.776. The molecule has 0 bridgehead atoms. The molecule has 2 aromatic rings. The first-order chi connectivity index (χ1) is 14.1. The van der Waals surface area contributed by atoms with Gasteiger partial charge in [-0.15, -0.1) is 0 Å². The average Bonchev–Trinajstić information content (AvgIpc) is 3.08. The molecule has 2 aliphatic carbocycles. The smallest absolute Gasteiger partial charge is 0.320 e. The normalized spacial score (nSPS) is 30.4. The van der Waals surface area contributed by atoms with Crippen molar-refractivity contribution in [1.82, 2.24) is 19.5 Å². The zero-order chi connectivity index (χ0) is 20.0. The molecule has 3 fully saturated rings. The van der Waals surface area contributed by atoms with E-state index in [0.717, 1.165) is 25.7 Å². The van der Waals surface area contributed by atoms with Crippen LogP contribution in [0, 0.1) is 5.92 Å². The van der Waals surface area contributed by atoms with Gasteiger partial charge in [0, 0.05) is 6.61 Å². The molecule has 4 N–H and O–H groups in total. The lowest BCUT2D eigenvalue weighted by Crippen LogP contribution is -2.34. The van der Waals surface area contributed by atoms with Gasteiger partial charge in [-0.1, -0.05) is 0 Å². The Hall–Kier alpha value is -2.01. The van der Waals surface area contributed by atoms with E-state index in [9.17, 15) is 10.2 Å². The second-order valence-electron chi connectivity index (χ2n) is 8.27. The summed E-state index contributed by atoms with van der Waals surface area (Å²) >= 11 is 0. The summed E-state index contributed by atoms with van der Waals surface area (Å²) in [5, 5.41) is 21.0. The van der Waals surface area contributed by atoms with Crippen LogP contribution in [0.4, 0.5) is 5.82 Å². The average molecular weight is 405 g/mol. The molecule has 1 saturated heterocycles. The number of hydrogen-bond donors (Lipinski definition) is 3. The van der Waals surface area contributed by atoms with Gasteiger partial charge in [-0.05, 0) is 44.4 Å². The Morgan fingerprint density at radius 2 is 1.90 bits per heavy atom. The minimum Gasteiger partial charge on any atom is -0.460 e. The van der Waals surface area contributed by atoms with Crippen LogP contribution in [-0.2, 0) is 9.47 Å². The Morgan fingerprint density at radius 3 is 2.66 bits per heavy atom. The molecule has 10 nitrogen and oxygen atoms in total. The predicted molar refractivity (Wildman–Crippen MR) is 102 cm³/mol. The third-order valence-corrected chi connectivity index (χ3v) is 5.95. The molecule has 2 saturated carbocycles. The molecule has 0 unspecified atom stereocenters. The number of ether oxygens (including phenoxy) is 3. The van der Waals surface area contributed by atoms with Crippen molar-refractivity contribution in [3.05, 3.63) is 6.33 Å². The van der Waals surface area contributed by atoms with Crippen molar-refractivity contribution < 1.29 is 24.4 Å². The molecule has 1 aliphatic heterocycles. The molecule has 0 aromatic carbocycles. The Morgan fingerprint density at radius 1 is 1.10 bits per heavy atom. The van der Waals surface area contributed by atoms with Crippen LogP contribution in [0.3, 0.4) is 0 Å². The van der Waals surface area contributed by atoms with Crippen molar-refractivity contribution in [2.45, 2.75) is 69.2 Å². The maximum Gasteiger partial charge on any atom is 0.320 e. The summed E-state index contributed by atoms with van der Waals surface area (Å²) < 4.78 is 19.0. The number of nitrogens with zero attached hydrogens (tertiary/aromatic N) is 4. The van der Waals surface area contributed by atoms with E-state index in [1.54, 1.807) is 4.57 Å². The maximum absolute atomic E-state index is 10.6. The molecule has 0 spiro atoms. The lowest BCUT2D eigenvalue weighted by atomic mass is 10.1. The maximum atomic E-state index is 10.6. The molecule has 158 valence electrons. The minimum atomic E-state index is -1.14. The molecule has 29 heavy (non-hydrogen) atoms. The number of imidazole rings is 1. The first-order valence-electron chi connectivity index (χ1n) is 10.4. The Bertz CT molecular complexity index is 866. The van der Waals surface area contributed by atoms with Crippen LogP contribution in [0.25, 0.3) is 11.2 Å². The van der Waals surface area contributed by atoms with Gasteiger partial charge in [0.15, 0.2) is 23.2 Å². The number of aromatic nitrogens is 4. The number of nitrogen functional groups attached to an aromatic ring is 1. The van der Waals surface area contributed by atoms with Gasteiger partial charge in [0.25, 0.3) is 0 Å². The van der Waals surface area contributed by atoms with E-state index in [1.165, 1.54) is 19.2 Å². The fourth-order valence-electron chi connectivity index (χ4n) is 4.04. The van der Waals surface area contributed by atoms with Gasteiger partial charge in [-0.25, -0.2) is 4.98 Å². The van der Waals surface area contributed by atoms with Crippen LogP contribution in [0.2, 0.25) is 0 Å². The van der Waals surface area contributed by atoms with Crippen molar-refractivity contribution in [3.8, 4) is 6.01 Å². The number of anilines is 1. The molecule has 3 heterocycles. The minimum absolute atomic E-state index is 0.0892. The summed E-state index contributed by atoms with van der Waals surface area (Å²) in [6, 6.07) is 0.195. The molecular formula is C19H27N5O5. The molecule has 0 radical (unpaired) electrons. The van der Waals surface area contributed by atoms with Crippen LogP contribution >= 0.6 is 0 Å². The highest BCUT2D eigenvalue weighted by Gasteiger charge is 2.44. The molecule has 5 rings (SSSR count). The summed E-state index contributed by atoms with van der Waals surface area (Å²) in [7, 11) is 0. The summed E-state index contributed by atoms with van der Waals surface area (Å²) in [5.74, 6) is 0.823. The molecular weight excluding hydrogens is 378 g/mol. The van der Waals surface area contributed by atoms with Crippen molar-refractivity contribution in [1.29, 1.82) is 0 Å². The number of hydrogen-bond acceptors (Lipinski definition) is 9. The number of nitrogens with two attached hydrogens (primary N) is 1. The zero-order valence-electron chi connectivity index (χ0n) is 16.2. The Balaban J connectivity index is 1.36. The third kappa shape index (κ3) is 3.77. The second-order valence-corrected chi connectivity index (χ2v) is 8.27. The summed E-state index contributed by atoms with van der Waals surface area (Å²) in [4.78, 5) is 12.9. The lowest BCUT2D eigenvalue weighted by molar-refractivity contribution is -0.0666. The largest absolute Gasteiger partial charge is 0.460 e. The van der Waals surface area contributed by atoms with E-state index >= 15 is 0 Å². The quantitative estimate of drug-likeness (QED) is 0.610. The van der Waals surface area contributed by atoms with Crippen molar-refractivity contribution >= 4 is 17.0 Å². The van der Waals surface area contributed by atoms with Crippen LogP contribution < -0.4 is 10.5 Å². The second kappa shape index (κ2) is 7.67. The van der Waals surface area contributed by atoms with Crippen LogP contribution in [0.5, 0.6) is 6.01 Å². The van der Waals surface area contributed by atoms with Gasteiger partial charge >= 0.3 is 6.01 Å². The van der Waals surface area contributed by atoms with Crippen LogP contribution in [0.1, 0.15) is 44.8 Å². The standard InChI is InChI=1S/C19H27N5O5/c20-16-13-17(23-19(22-16)28-11-3-1-2-4-11)24(9-21-13)18-15(26)14(25)12(29-18)8-27-7-10-5-6-10/h9-12,14-15,18,25-26H,1-8H2,(H2,20,22,23)/t12-,14-,15-,18-/m1/s1. The molecule has 0 amide bonds. The summed E-state index contributed by atoms with van der Waals surface area (Å²) in [6.07, 6.45) is 4.48. The van der Waals surface area contributed by atoms with E-state index in [2.05, 4.69) is 15.0 Å². The van der Waals surface area contributed by atoms with Gasteiger partial charge in [-0.3, -0.25) is 4.57 Å². The van der Waals surface area contributed by atoms with E-state index in [1.807, 2.05) is 0 Å².